The fourth-order valence-corrected chi connectivity index (χ4v) is 2.42. The molecule has 72 valence electrons. The molecule has 1 aliphatic carbocycles. The molecule has 0 aliphatic heterocycles. The molecule has 0 saturated carbocycles. The van der Waals surface area contributed by atoms with Gasteiger partial charge in [-0.1, -0.05) is 41.8 Å². The lowest BCUT2D eigenvalue weighted by atomic mass is 10.0. The molecule has 0 unspecified atom stereocenters. The summed E-state index contributed by atoms with van der Waals surface area (Å²) in [5.41, 5.74) is 1.17. The van der Waals surface area contributed by atoms with Crippen LogP contribution in [0.1, 0.15) is 11.4 Å². The van der Waals surface area contributed by atoms with Crippen molar-refractivity contribution in [2.24, 2.45) is 0 Å². The largest absolute Gasteiger partial charge is 0.171 e. The van der Waals surface area contributed by atoms with Gasteiger partial charge < -0.3 is 0 Å². The van der Waals surface area contributed by atoms with Crippen molar-refractivity contribution in [1.29, 1.82) is 0 Å². The zero-order chi connectivity index (χ0) is 9.97. The van der Waals surface area contributed by atoms with Crippen LogP contribution in [0.25, 0.3) is 0 Å². The van der Waals surface area contributed by atoms with Gasteiger partial charge in [-0.05, 0) is 5.57 Å². The fourth-order valence-electron chi connectivity index (χ4n) is 1.22. The molecule has 1 aromatic rings. The number of hydrogen-bond acceptors (Lipinski definition) is 5. The van der Waals surface area contributed by atoms with Crippen LogP contribution in [-0.4, -0.2) is 15.1 Å². The van der Waals surface area contributed by atoms with E-state index >= 15 is 0 Å². The van der Waals surface area contributed by atoms with E-state index in [2.05, 4.69) is 28.9 Å². The van der Waals surface area contributed by atoms with Gasteiger partial charge in [0.05, 0.1) is 0 Å². The van der Waals surface area contributed by atoms with Crippen molar-refractivity contribution >= 4 is 41.0 Å². The predicted molar refractivity (Wildman–Crippen MR) is 65.3 cm³/mol. The Bertz CT molecular complexity index is 417. The maximum Gasteiger partial charge on any atom is 0.171 e. The topological polar surface area (TPSA) is 25.8 Å². The second-order valence-electron chi connectivity index (χ2n) is 2.90. The van der Waals surface area contributed by atoms with E-state index in [1.54, 1.807) is 0 Å². The minimum Gasteiger partial charge on any atom is -0.142 e. The zero-order valence-electron chi connectivity index (χ0n) is 7.30. The van der Waals surface area contributed by atoms with Gasteiger partial charge in [0.2, 0.25) is 0 Å². The molecule has 0 radical (unpaired) electrons. The zero-order valence-corrected chi connectivity index (χ0v) is 9.83. The molecule has 0 fully saturated rings. The number of allylic oxidation sites excluding steroid dienone is 4. The van der Waals surface area contributed by atoms with Crippen molar-refractivity contribution in [2.75, 3.05) is 0 Å². The lowest BCUT2D eigenvalue weighted by molar-refractivity contribution is 0.961. The van der Waals surface area contributed by atoms with E-state index in [0.717, 1.165) is 22.7 Å². The molecular weight excluding hydrogens is 232 g/mol. The van der Waals surface area contributed by atoms with Gasteiger partial charge in [0.15, 0.2) is 4.34 Å². The lowest BCUT2D eigenvalue weighted by Crippen LogP contribution is -2.04. The van der Waals surface area contributed by atoms with Gasteiger partial charge in [-0.25, -0.2) is 0 Å². The standard InChI is InChI=1S/C9H8N2S3/c12-7-4-2-1-3-6(7)5-8-10-11-9(13)14-8/h1-3H,4-5H2,(H,11,13). The summed E-state index contributed by atoms with van der Waals surface area (Å²) in [5.74, 6) is 0. The number of hydrogen-bond donors (Lipinski definition) is 1. The Hall–Kier alpha value is -0.520. The van der Waals surface area contributed by atoms with Crippen molar-refractivity contribution in [1.82, 2.24) is 10.2 Å². The average Bonchev–Trinajstić information content (AvgIpc) is 2.56. The number of thiol groups is 1. The molecule has 2 rings (SSSR count). The fraction of sp³-hybridized carbons (Fsp3) is 0.222. The minimum atomic E-state index is 0.706. The molecular formula is C9H8N2S3. The monoisotopic (exact) mass is 240 g/mol. The summed E-state index contributed by atoms with van der Waals surface area (Å²) in [5, 5.41) is 8.83. The molecule has 14 heavy (non-hydrogen) atoms. The maximum atomic E-state index is 5.25. The van der Waals surface area contributed by atoms with Crippen LogP contribution in [0.5, 0.6) is 0 Å². The van der Waals surface area contributed by atoms with Gasteiger partial charge in [0.1, 0.15) is 5.01 Å². The molecule has 0 bridgehead atoms. The Kier molecular flexibility index (Phi) is 3.10. The van der Waals surface area contributed by atoms with E-state index in [0.29, 0.717) is 4.34 Å². The molecule has 1 aromatic heterocycles. The Labute approximate surface area is 97.2 Å². The van der Waals surface area contributed by atoms with E-state index < -0.39 is 0 Å². The van der Waals surface area contributed by atoms with Crippen LogP contribution in [0, 0.1) is 0 Å². The van der Waals surface area contributed by atoms with Gasteiger partial charge in [0.25, 0.3) is 0 Å². The van der Waals surface area contributed by atoms with Crippen LogP contribution in [0.15, 0.2) is 28.1 Å². The van der Waals surface area contributed by atoms with Crippen LogP contribution in [0.2, 0.25) is 0 Å². The number of thiocarbonyl (C=S) groups is 1. The summed E-state index contributed by atoms with van der Waals surface area (Å²) in [6.45, 7) is 0. The van der Waals surface area contributed by atoms with Gasteiger partial charge in [-0.15, -0.1) is 22.8 Å². The Morgan fingerprint density at radius 1 is 1.50 bits per heavy atom. The van der Waals surface area contributed by atoms with Crippen molar-refractivity contribution in [3.8, 4) is 0 Å². The molecule has 0 N–H and O–H groups in total. The molecule has 5 heteroatoms. The van der Waals surface area contributed by atoms with E-state index in [1.165, 1.54) is 16.9 Å². The number of aromatic nitrogens is 2. The van der Waals surface area contributed by atoms with Crippen LogP contribution >= 0.6 is 36.2 Å². The van der Waals surface area contributed by atoms with Crippen molar-refractivity contribution < 1.29 is 0 Å². The number of nitrogens with zero attached hydrogens (tertiary/aromatic N) is 2. The third-order valence-corrected chi connectivity index (χ3v) is 3.41. The van der Waals surface area contributed by atoms with E-state index in [9.17, 15) is 0 Å². The second-order valence-corrected chi connectivity index (χ2v) is 5.18. The molecule has 0 spiro atoms. The SMILES string of the molecule is S=C1CC=CC=C1Cc1nnc(S)s1. The maximum absolute atomic E-state index is 5.25. The normalized spacial score (nSPS) is 15.8. The smallest absolute Gasteiger partial charge is 0.142 e. The first-order valence-electron chi connectivity index (χ1n) is 4.16. The molecule has 0 aromatic carbocycles. The highest BCUT2D eigenvalue weighted by molar-refractivity contribution is 7.82. The molecule has 1 heterocycles. The van der Waals surface area contributed by atoms with Crippen LogP contribution < -0.4 is 0 Å². The van der Waals surface area contributed by atoms with Crippen molar-refractivity contribution in [2.45, 2.75) is 17.2 Å². The first-order chi connectivity index (χ1) is 6.75. The van der Waals surface area contributed by atoms with E-state index in [-0.39, 0.29) is 0 Å². The molecule has 1 aliphatic rings. The van der Waals surface area contributed by atoms with Crippen LogP contribution in [0.4, 0.5) is 0 Å². The Balaban J connectivity index is 2.14. The van der Waals surface area contributed by atoms with E-state index in [1.807, 2.05) is 12.2 Å². The van der Waals surface area contributed by atoms with Gasteiger partial charge in [-0.3, -0.25) is 0 Å². The third kappa shape index (κ3) is 2.29. The predicted octanol–water partition coefficient (Wildman–Crippen LogP) is 2.63. The van der Waals surface area contributed by atoms with Crippen molar-refractivity contribution in [3.05, 3.63) is 28.8 Å². The van der Waals surface area contributed by atoms with Crippen molar-refractivity contribution in [3.63, 3.8) is 0 Å². The summed E-state index contributed by atoms with van der Waals surface area (Å²) in [4.78, 5) is 1.00. The first kappa shape index (κ1) is 10.0. The quantitative estimate of drug-likeness (QED) is 0.635. The van der Waals surface area contributed by atoms with Crippen LogP contribution in [-0.2, 0) is 6.42 Å². The molecule has 2 nitrogen and oxygen atoms in total. The lowest BCUT2D eigenvalue weighted by Gasteiger charge is -2.07. The average molecular weight is 240 g/mol. The third-order valence-electron chi connectivity index (χ3n) is 1.89. The molecule has 0 saturated heterocycles. The summed E-state index contributed by atoms with van der Waals surface area (Å²) in [6, 6.07) is 0. The van der Waals surface area contributed by atoms with Gasteiger partial charge in [-0.2, -0.15) is 0 Å². The highest BCUT2D eigenvalue weighted by atomic mass is 32.2. The number of rotatable bonds is 2. The summed E-state index contributed by atoms with van der Waals surface area (Å²) >= 11 is 10.9. The summed E-state index contributed by atoms with van der Waals surface area (Å²) < 4.78 is 0.706. The van der Waals surface area contributed by atoms with Gasteiger partial charge >= 0.3 is 0 Å². The van der Waals surface area contributed by atoms with Crippen LogP contribution in [0.3, 0.4) is 0 Å². The second kappa shape index (κ2) is 4.33. The highest BCUT2D eigenvalue weighted by Gasteiger charge is 2.10. The Morgan fingerprint density at radius 3 is 3.00 bits per heavy atom. The molecule has 0 atom stereocenters. The highest BCUT2D eigenvalue weighted by Crippen LogP contribution is 2.19. The molecule has 0 amide bonds. The summed E-state index contributed by atoms with van der Waals surface area (Å²) in [7, 11) is 0. The minimum absolute atomic E-state index is 0.706. The Morgan fingerprint density at radius 2 is 2.36 bits per heavy atom. The van der Waals surface area contributed by atoms with Gasteiger partial charge in [0, 0.05) is 17.7 Å². The summed E-state index contributed by atoms with van der Waals surface area (Å²) in [6.07, 6.45) is 7.80. The first-order valence-corrected chi connectivity index (χ1v) is 5.83. The van der Waals surface area contributed by atoms with E-state index in [4.69, 9.17) is 12.2 Å².